The van der Waals surface area contributed by atoms with E-state index in [1.165, 1.54) is 19.2 Å². The van der Waals surface area contributed by atoms with Crippen molar-refractivity contribution in [3.05, 3.63) is 16.0 Å². The van der Waals surface area contributed by atoms with Gasteiger partial charge in [-0.25, -0.2) is 9.97 Å². The topological polar surface area (TPSA) is 29.0 Å². The molecule has 1 aromatic rings. The fourth-order valence-electron chi connectivity index (χ4n) is 2.16. The lowest BCUT2D eigenvalue weighted by Crippen LogP contribution is -2.40. The molecule has 1 aliphatic heterocycles. The maximum atomic E-state index is 5.98. The summed E-state index contributed by atoms with van der Waals surface area (Å²) in [5, 5.41) is 0.480. The zero-order valence-corrected chi connectivity index (χ0v) is 11.8. The van der Waals surface area contributed by atoms with Gasteiger partial charge in [0.15, 0.2) is 0 Å². The third kappa shape index (κ3) is 2.48. The molecule has 88 valence electrons. The van der Waals surface area contributed by atoms with Gasteiger partial charge in [-0.1, -0.05) is 25.4 Å². The molecule has 1 saturated heterocycles. The van der Waals surface area contributed by atoms with Gasteiger partial charge in [0.25, 0.3) is 0 Å². The average Bonchev–Trinajstić information content (AvgIpc) is 2.20. The van der Waals surface area contributed by atoms with Crippen LogP contribution in [0.3, 0.4) is 0 Å². The molecule has 0 atom stereocenters. The van der Waals surface area contributed by atoms with E-state index in [0.717, 1.165) is 23.4 Å². The van der Waals surface area contributed by atoms with E-state index in [1.807, 2.05) is 0 Å². The number of piperidine rings is 1. The van der Waals surface area contributed by atoms with Crippen LogP contribution in [0.5, 0.6) is 0 Å². The minimum atomic E-state index is 0.342. The van der Waals surface area contributed by atoms with Crippen molar-refractivity contribution in [2.75, 3.05) is 18.0 Å². The molecule has 0 bridgehead atoms. The van der Waals surface area contributed by atoms with Gasteiger partial charge in [0.2, 0.25) is 0 Å². The van der Waals surface area contributed by atoms with Crippen molar-refractivity contribution in [3.8, 4) is 0 Å². The summed E-state index contributed by atoms with van der Waals surface area (Å²) in [7, 11) is 0. The van der Waals surface area contributed by atoms with Crippen LogP contribution < -0.4 is 4.90 Å². The SMILES string of the molecule is CC1(C)CCCN(c2ncnc(Cl)c2Br)C1. The predicted molar refractivity (Wildman–Crippen MR) is 70.0 cm³/mol. The number of anilines is 1. The Balaban J connectivity index is 2.27. The molecule has 0 saturated carbocycles. The highest BCUT2D eigenvalue weighted by Crippen LogP contribution is 2.35. The van der Waals surface area contributed by atoms with Crippen LogP contribution >= 0.6 is 27.5 Å². The highest BCUT2D eigenvalue weighted by Gasteiger charge is 2.28. The summed E-state index contributed by atoms with van der Waals surface area (Å²) in [6, 6.07) is 0. The lowest BCUT2D eigenvalue weighted by atomic mass is 9.84. The number of halogens is 2. The van der Waals surface area contributed by atoms with Crippen LogP contribution in [0.15, 0.2) is 10.8 Å². The Labute approximate surface area is 109 Å². The number of hydrogen-bond donors (Lipinski definition) is 0. The van der Waals surface area contributed by atoms with Crippen LogP contribution in [-0.4, -0.2) is 23.1 Å². The lowest BCUT2D eigenvalue weighted by Gasteiger charge is -2.39. The molecule has 0 aromatic carbocycles. The first-order valence-corrected chi connectivity index (χ1v) is 6.58. The Kier molecular flexibility index (Phi) is 3.40. The van der Waals surface area contributed by atoms with E-state index >= 15 is 0 Å². The van der Waals surface area contributed by atoms with Gasteiger partial charge in [0, 0.05) is 13.1 Å². The highest BCUT2D eigenvalue weighted by atomic mass is 79.9. The minimum Gasteiger partial charge on any atom is -0.355 e. The molecular weight excluding hydrogens is 289 g/mol. The molecule has 2 heterocycles. The van der Waals surface area contributed by atoms with Gasteiger partial charge < -0.3 is 4.90 Å². The first-order chi connectivity index (χ1) is 7.49. The quantitative estimate of drug-likeness (QED) is 0.743. The van der Waals surface area contributed by atoms with Crippen molar-refractivity contribution >= 4 is 33.3 Å². The number of nitrogens with zero attached hydrogens (tertiary/aromatic N) is 3. The third-order valence-electron chi connectivity index (χ3n) is 2.93. The van der Waals surface area contributed by atoms with Gasteiger partial charge in [-0.05, 0) is 34.2 Å². The maximum absolute atomic E-state index is 5.98. The van der Waals surface area contributed by atoms with Crippen molar-refractivity contribution in [1.29, 1.82) is 0 Å². The van der Waals surface area contributed by atoms with Crippen LogP contribution in [0, 0.1) is 5.41 Å². The highest BCUT2D eigenvalue weighted by molar-refractivity contribution is 9.10. The van der Waals surface area contributed by atoms with Gasteiger partial charge in [0.1, 0.15) is 17.3 Å². The average molecular weight is 305 g/mol. The molecule has 1 aromatic heterocycles. The molecule has 5 heteroatoms. The second-order valence-electron chi connectivity index (χ2n) is 4.99. The molecule has 1 aliphatic rings. The van der Waals surface area contributed by atoms with E-state index in [-0.39, 0.29) is 0 Å². The van der Waals surface area contributed by atoms with Gasteiger partial charge in [0.05, 0.1) is 4.47 Å². The summed E-state index contributed by atoms with van der Waals surface area (Å²) in [6.45, 7) is 6.63. The van der Waals surface area contributed by atoms with E-state index < -0.39 is 0 Å². The van der Waals surface area contributed by atoms with Crippen molar-refractivity contribution < 1.29 is 0 Å². The first kappa shape index (κ1) is 12.1. The largest absolute Gasteiger partial charge is 0.355 e. The van der Waals surface area contributed by atoms with E-state index in [4.69, 9.17) is 11.6 Å². The van der Waals surface area contributed by atoms with E-state index in [0.29, 0.717) is 10.6 Å². The molecule has 2 rings (SSSR count). The summed E-state index contributed by atoms with van der Waals surface area (Å²) in [6.07, 6.45) is 3.98. The van der Waals surface area contributed by atoms with Crippen LogP contribution in [0.4, 0.5) is 5.82 Å². The Morgan fingerprint density at radius 3 is 2.88 bits per heavy atom. The summed E-state index contributed by atoms with van der Waals surface area (Å²) >= 11 is 9.43. The smallest absolute Gasteiger partial charge is 0.148 e. The van der Waals surface area contributed by atoms with E-state index in [1.54, 1.807) is 0 Å². The molecular formula is C11H15BrClN3. The lowest BCUT2D eigenvalue weighted by molar-refractivity contribution is 0.292. The Morgan fingerprint density at radius 1 is 1.44 bits per heavy atom. The fraction of sp³-hybridized carbons (Fsp3) is 0.636. The Hall–Kier alpha value is -0.350. The van der Waals surface area contributed by atoms with E-state index in [2.05, 4.69) is 44.6 Å². The fourth-order valence-corrected chi connectivity index (χ4v) is 2.75. The summed E-state index contributed by atoms with van der Waals surface area (Å²) < 4.78 is 0.800. The number of hydrogen-bond acceptors (Lipinski definition) is 3. The van der Waals surface area contributed by atoms with Crippen LogP contribution in [0.2, 0.25) is 5.15 Å². The number of rotatable bonds is 1. The summed E-state index contributed by atoms with van der Waals surface area (Å²) in [5.41, 5.74) is 0.342. The first-order valence-electron chi connectivity index (χ1n) is 5.40. The van der Waals surface area contributed by atoms with Crippen molar-refractivity contribution in [2.24, 2.45) is 5.41 Å². The molecule has 3 nitrogen and oxygen atoms in total. The molecule has 0 radical (unpaired) electrons. The summed E-state index contributed by atoms with van der Waals surface area (Å²) in [5.74, 6) is 0.910. The molecule has 16 heavy (non-hydrogen) atoms. The molecule has 0 aliphatic carbocycles. The van der Waals surface area contributed by atoms with E-state index in [9.17, 15) is 0 Å². The minimum absolute atomic E-state index is 0.342. The van der Waals surface area contributed by atoms with Gasteiger partial charge in [-0.15, -0.1) is 0 Å². The third-order valence-corrected chi connectivity index (χ3v) is 4.17. The van der Waals surface area contributed by atoms with Crippen molar-refractivity contribution in [1.82, 2.24) is 9.97 Å². The summed E-state index contributed by atoms with van der Waals surface area (Å²) in [4.78, 5) is 10.5. The van der Waals surface area contributed by atoms with Crippen LogP contribution in [-0.2, 0) is 0 Å². The zero-order chi connectivity index (χ0) is 11.8. The Bertz CT molecular complexity index is 395. The predicted octanol–water partition coefficient (Wildman–Crippen LogP) is 3.52. The molecule has 0 unspecified atom stereocenters. The number of aromatic nitrogens is 2. The molecule has 0 N–H and O–H groups in total. The van der Waals surface area contributed by atoms with Crippen LogP contribution in [0.1, 0.15) is 26.7 Å². The normalized spacial score (nSPS) is 19.9. The van der Waals surface area contributed by atoms with Crippen LogP contribution in [0.25, 0.3) is 0 Å². The van der Waals surface area contributed by atoms with Gasteiger partial charge in [-0.2, -0.15) is 0 Å². The zero-order valence-electron chi connectivity index (χ0n) is 9.50. The van der Waals surface area contributed by atoms with Crippen molar-refractivity contribution in [3.63, 3.8) is 0 Å². The molecule has 0 spiro atoms. The standard InChI is InChI=1S/C11H15BrClN3/c1-11(2)4-3-5-16(6-11)10-8(12)9(13)14-7-15-10/h7H,3-6H2,1-2H3. The monoisotopic (exact) mass is 303 g/mol. The van der Waals surface area contributed by atoms with Crippen molar-refractivity contribution in [2.45, 2.75) is 26.7 Å². The Morgan fingerprint density at radius 2 is 2.19 bits per heavy atom. The second kappa shape index (κ2) is 4.49. The molecule has 1 fully saturated rings. The van der Waals surface area contributed by atoms with Gasteiger partial charge >= 0.3 is 0 Å². The van der Waals surface area contributed by atoms with Gasteiger partial charge in [-0.3, -0.25) is 0 Å². The second-order valence-corrected chi connectivity index (χ2v) is 6.14. The molecule has 0 amide bonds. The maximum Gasteiger partial charge on any atom is 0.148 e.